The fourth-order valence-corrected chi connectivity index (χ4v) is 2.64. The number of rotatable bonds is 8. The first-order valence-electron chi connectivity index (χ1n) is 7.00. The summed E-state index contributed by atoms with van der Waals surface area (Å²) in [5.41, 5.74) is -1.02. The van der Waals surface area contributed by atoms with Crippen molar-refractivity contribution in [3.8, 4) is 0 Å². The quantitative estimate of drug-likeness (QED) is 0.683. The van der Waals surface area contributed by atoms with E-state index in [9.17, 15) is 9.90 Å². The van der Waals surface area contributed by atoms with Crippen LogP contribution in [0, 0.1) is 0 Å². The van der Waals surface area contributed by atoms with E-state index in [0.717, 1.165) is 24.5 Å². The molecule has 5 nitrogen and oxygen atoms in total. The highest BCUT2D eigenvalue weighted by Crippen LogP contribution is 2.24. The van der Waals surface area contributed by atoms with Gasteiger partial charge in [0.2, 0.25) is 0 Å². The normalized spacial score (nSPS) is 14.1. The number of aliphatic hydroxyl groups is 1. The Balaban J connectivity index is 2.26. The smallest absolute Gasteiger partial charge is 0.314 e. The highest BCUT2D eigenvalue weighted by molar-refractivity contribution is 7.10. The molecule has 114 valence electrons. The molecule has 0 aliphatic carbocycles. The van der Waals surface area contributed by atoms with Crippen LogP contribution in [0.2, 0.25) is 0 Å². The molecule has 2 amide bonds. The molecule has 0 aliphatic heterocycles. The summed E-state index contributed by atoms with van der Waals surface area (Å²) in [6.07, 6.45) is 0. The maximum atomic E-state index is 11.7. The number of amides is 2. The number of carbonyl (C=O) groups is 1. The first-order chi connectivity index (χ1) is 9.49. The van der Waals surface area contributed by atoms with Crippen molar-refractivity contribution in [1.29, 1.82) is 0 Å². The molecule has 0 saturated heterocycles. The number of hydrogen-bond donors (Lipinski definition) is 3. The monoisotopic (exact) mass is 299 g/mol. The lowest BCUT2D eigenvalue weighted by atomic mass is 10.1. The predicted octanol–water partition coefficient (Wildman–Crippen LogP) is 1.60. The number of hydrogen-bond acceptors (Lipinski definition) is 4. The van der Waals surface area contributed by atoms with Crippen LogP contribution in [0.5, 0.6) is 0 Å². The highest BCUT2D eigenvalue weighted by Gasteiger charge is 2.24. The van der Waals surface area contributed by atoms with Crippen molar-refractivity contribution < 1.29 is 9.90 Å². The van der Waals surface area contributed by atoms with Crippen LogP contribution >= 0.6 is 11.3 Å². The van der Waals surface area contributed by atoms with Crippen molar-refractivity contribution in [3.63, 3.8) is 0 Å². The summed E-state index contributed by atoms with van der Waals surface area (Å²) in [5.74, 6) is 0. The molecule has 20 heavy (non-hydrogen) atoms. The van der Waals surface area contributed by atoms with Crippen LogP contribution in [0.4, 0.5) is 4.79 Å². The Morgan fingerprint density at radius 2 is 2.10 bits per heavy atom. The maximum absolute atomic E-state index is 11.7. The van der Waals surface area contributed by atoms with Gasteiger partial charge in [-0.15, -0.1) is 11.3 Å². The minimum atomic E-state index is -1.02. The Hall–Kier alpha value is -1.11. The molecule has 1 rings (SSSR count). The summed E-state index contributed by atoms with van der Waals surface area (Å²) in [5, 5.41) is 17.7. The fraction of sp³-hybridized carbons (Fsp3) is 0.643. The number of nitrogens with zero attached hydrogens (tertiary/aromatic N) is 1. The molecule has 0 spiro atoms. The zero-order valence-corrected chi connectivity index (χ0v) is 13.3. The van der Waals surface area contributed by atoms with Crippen molar-refractivity contribution in [3.05, 3.63) is 22.4 Å². The number of nitrogens with one attached hydrogen (secondary N) is 2. The Bertz CT molecular complexity index is 389. The lowest BCUT2D eigenvalue weighted by Gasteiger charge is -2.23. The van der Waals surface area contributed by atoms with E-state index in [1.807, 2.05) is 17.5 Å². The SMILES string of the molecule is CCN(CC)CCNC(=O)NCC(C)(O)c1cccs1. The van der Waals surface area contributed by atoms with E-state index >= 15 is 0 Å². The maximum Gasteiger partial charge on any atom is 0.314 e. The van der Waals surface area contributed by atoms with E-state index in [1.54, 1.807) is 6.92 Å². The van der Waals surface area contributed by atoms with Gasteiger partial charge in [-0.2, -0.15) is 0 Å². The van der Waals surface area contributed by atoms with Gasteiger partial charge in [0.05, 0.1) is 6.54 Å². The van der Waals surface area contributed by atoms with Gasteiger partial charge in [0.25, 0.3) is 0 Å². The van der Waals surface area contributed by atoms with E-state index in [2.05, 4.69) is 29.4 Å². The average Bonchev–Trinajstić information content (AvgIpc) is 2.96. The lowest BCUT2D eigenvalue weighted by Crippen LogP contribution is -2.45. The Labute approximate surface area is 125 Å². The summed E-state index contributed by atoms with van der Waals surface area (Å²) in [6, 6.07) is 3.51. The van der Waals surface area contributed by atoms with Crippen molar-refractivity contribution >= 4 is 17.4 Å². The number of thiophene rings is 1. The van der Waals surface area contributed by atoms with Gasteiger partial charge in [-0.25, -0.2) is 4.79 Å². The van der Waals surface area contributed by atoms with Gasteiger partial charge in [0.1, 0.15) is 5.60 Å². The van der Waals surface area contributed by atoms with Gasteiger partial charge in [-0.05, 0) is 31.5 Å². The minimum absolute atomic E-state index is 0.199. The molecule has 1 atom stereocenters. The third kappa shape index (κ3) is 5.48. The molecule has 0 aliphatic rings. The van der Waals surface area contributed by atoms with Crippen LogP contribution in [0.15, 0.2) is 17.5 Å². The Morgan fingerprint density at radius 1 is 1.40 bits per heavy atom. The zero-order chi connectivity index (χ0) is 15.0. The van der Waals surface area contributed by atoms with Crippen molar-refractivity contribution in [2.45, 2.75) is 26.4 Å². The molecule has 1 heterocycles. The van der Waals surface area contributed by atoms with E-state index in [0.29, 0.717) is 6.54 Å². The molecule has 3 N–H and O–H groups in total. The summed E-state index contributed by atoms with van der Waals surface area (Å²) in [6.45, 7) is 9.50. The largest absolute Gasteiger partial charge is 0.383 e. The first-order valence-corrected chi connectivity index (χ1v) is 7.88. The van der Waals surface area contributed by atoms with Crippen molar-refractivity contribution in [1.82, 2.24) is 15.5 Å². The molecule has 0 fully saturated rings. The molecular weight excluding hydrogens is 274 g/mol. The van der Waals surface area contributed by atoms with Crippen LogP contribution in [0.25, 0.3) is 0 Å². The summed E-state index contributed by atoms with van der Waals surface area (Å²) >= 11 is 1.48. The van der Waals surface area contributed by atoms with Gasteiger partial charge < -0.3 is 20.6 Å². The van der Waals surface area contributed by atoms with Crippen LogP contribution < -0.4 is 10.6 Å². The van der Waals surface area contributed by atoms with Gasteiger partial charge in [-0.3, -0.25) is 0 Å². The molecule has 1 aromatic rings. The van der Waals surface area contributed by atoms with E-state index < -0.39 is 5.60 Å². The van der Waals surface area contributed by atoms with E-state index in [1.165, 1.54) is 11.3 Å². The predicted molar refractivity (Wildman–Crippen MR) is 83.1 cm³/mol. The highest BCUT2D eigenvalue weighted by atomic mass is 32.1. The third-order valence-corrected chi connectivity index (χ3v) is 4.38. The molecule has 0 bridgehead atoms. The molecule has 0 aromatic carbocycles. The van der Waals surface area contributed by atoms with Gasteiger partial charge in [0, 0.05) is 18.0 Å². The lowest BCUT2D eigenvalue weighted by molar-refractivity contribution is 0.0631. The number of urea groups is 1. The van der Waals surface area contributed by atoms with Crippen molar-refractivity contribution in [2.75, 3.05) is 32.7 Å². The summed E-state index contributed by atoms with van der Waals surface area (Å²) in [7, 11) is 0. The Kier molecular flexibility index (Phi) is 6.98. The molecule has 6 heteroatoms. The van der Waals surface area contributed by atoms with E-state index in [-0.39, 0.29) is 12.6 Å². The summed E-state index contributed by atoms with van der Waals surface area (Å²) in [4.78, 5) is 14.8. The second-order valence-corrected chi connectivity index (χ2v) is 5.84. The first kappa shape index (κ1) is 16.9. The average molecular weight is 299 g/mol. The zero-order valence-electron chi connectivity index (χ0n) is 12.5. The Morgan fingerprint density at radius 3 is 2.65 bits per heavy atom. The van der Waals surface area contributed by atoms with E-state index in [4.69, 9.17) is 0 Å². The molecule has 0 saturated carbocycles. The van der Waals surface area contributed by atoms with Gasteiger partial charge in [0.15, 0.2) is 0 Å². The third-order valence-electron chi connectivity index (χ3n) is 3.25. The van der Waals surface area contributed by atoms with Crippen molar-refractivity contribution in [2.24, 2.45) is 0 Å². The van der Waals surface area contributed by atoms with Crippen LogP contribution in [-0.2, 0) is 5.60 Å². The topological polar surface area (TPSA) is 64.6 Å². The fourth-order valence-electron chi connectivity index (χ4n) is 1.85. The van der Waals surface area contributed by atoms with Gasteiger partial charge in [-0.1, -0.05) is 19.9 Å². The second-order valence-electron chi connectivity index (χ2n) is 4.89. The second kappa shape index (κ2) is 8.24. The number of carbonyl (C=O) groups excluding carboxylic acids is 1. The molecule has 1 unspecified atom stereocenters. The van der Waals surface area contributed by atoms with Crippen LogP contribution in [0.1, 0.15) is 25.6 Å². The molecule has 1 aromatic heterocycles. The standard InChI is InChI=1S/C14H25N3O2S/c1-4-17(5-2)9-8-15-13(18)16-11-14(3,19)12-7-6-10-20-12/h6-7,10,19H,4-5,8-9,11H2,1-3H3,(H2,15,16,18). The summed E-state index contributed by atoms with van der Waals surface area (Å²) < 4.78 is 0. The molecule has 0 radical (unpaired) electrons. The number of likely N-dealkylation sites (N-methyl/N-ethyl adjacent to an activating group) is 1. The minimum Gasteiger partial charge on any atom is -0.383 e. The van der Waals surface area contributed by atoms with Crippen LogP contribution in [-0.4, -0.2) is 48.8 Å². The van der Waals surface area contributed by atoms with Gasteiger partial charge >= 0.3 is 6.03 Å². The molecular formula is C14H25N3O2S. The van der Waals surface area contributed by atoms with Crippen LogP contribution in [0.3, 0.4) is 0 Å².